The molecule has 0 bridgehead atoms. The van der Waals surface area contributed by atoms with Crippen LogP contribution in [0.15, 0.2) is 54.6 Å². The molecule has 1 fully saturated rings. The molecule has 0 saturated carbocycles. The number of benzene rings is 2. The van der Waals surface area contributed by atoms with Gasteiger partial charge in [0.1, 0.15) is 0 Å². The van der Waals surface area contributed by atoms with Crippen LogP contribution < -0.4 is 19.7 Å². The zero-order valence-corrected chi connectivity index (χ0v) is 16.6. The van der Waals surface area contributed by atoms with Crippen molar-refractivity contribution < 1.29 is 14.3 Å². The fourth-order valence-corrected chi connectivity index (χ4v) is 3.48. The van der Waals surface area contributed by atoms with Gasteiger partial charge in [-0.2, -0.15) is 0 Å². The van der Waals surface area contributed by atoms with E-state index in [1.54, 1.807) is 0 Å². The number of piperidine rings is 1. The van der Waals surface area contributed by atoms with E-state index in [1.807, 2.05) is 37.3 Å². The summed E-state index contributed by atoms with van der Waals surface area (Å²) >= 11 is 0. The zero-order chi connectivity index (χ0) is 19.6. The molecule has 1 amide bonds. The molecular formula is C23H30N2O3. The van der Waals surface area contributed by atoms with Crippen molar-refractivity contribution in [3.8, 4) is 11.5 Å². The second kappa shape index (κ2) is 10.6. The molecule has 1 aliphatic rings. The first kappa shape index (κ1) is 20.1. The van der Waals surface area contributed by atoms with Crippen LogP contribution >= 0.6 is 0 Å². The standard InChI is InChI=1S/C23H30N2O3/c1-2-27-21-11-6-7-12-22(21)28-18-8-13-23(26)24-19-14-16-25(17-15-19)20-9-4-3-5-10-20/h3-7,9-12,19H,2,8,13-18H2,1H3,(H,24,26). The van der Waals surface area contributed by atoms with Gasteiger partial charge in [0.25, 0.3) is 0 Å². The first-order valence-electron chi connectivity index (χ1n) is 10.2. The van der Waals surface area contributed by atoms with Gasteiger partial charge in [-0.15, -0.1) is 0 Å². The Bertz CT molecular complexity index is 728. The highest BCUT2D eigenvalue weighted by Crippen LogP contribution is 2.26. The van der Waals surface area contributed by atoms with Crippen molar-refractivity contribution in [2.45, 2.75) is 38.6 Å². The Morgan fingerprint density at radius 2 is 1.64 bits per heavy atom. The highest BCUT2D eigenvalue weighted by molar-refractivity contribution is 5.76. The Balaban J connectivity index is 1.33. The number of nitrogens with zero attached hydrogens (tertiary/aromatic N) is 1. The van der Waals surface area contributed by atoms with Crippen LogP contribution in [0.5, 0.6) is 11.5 Å². The van der Waals surface area contributed by atoms with Crippen molar-refractivity contribution in [2.24, 2.45) is 0 Å². The number of para-hydroxylation sites is 3. The highest BCUT2D eigenvalue weighted by Gasteiger charge is 2.20. The molecule has 2 aromatic rings. The minimum atomic E-state index is 0.111. The Hall–Kier alpha value is -2.69. The normalized spacial score (nSPS) is 14.5. The van der Waals surface area contributed by atoms with Crippen LogP contribution in [0.2, 0.25) is 0 Å². The molecule has 1 N–H and O–H groups in total. The van der Waals surface area contributed by atoms with Crippen molar-refractivity contribution in [1.29, 1.82) is 0 Å². The van der Waals surface area contributed by atoms with Gasteiger partial charge < -0.3 is 19.7 Å². The minimum absolute atomic E-state index is 0.111. The average molecular weight is 383 g/mol. The molecule has 28 heavy (non-hydrogen) atoms. The van der Waals surface area contributed by atoms with E-state index in [1.165, 1.54) is 5.69 Å². The van der Waals surface area contributed by atoms with E-state index in [0.29, 0.717) is 26.1 Å². The number of hydrogen-bond donors (Lipinski definition) is 1. The van der Waals surface area contributed by atoms with Gasteiger partial charge in [-0.3, -0.25) is 4.79 Å². The summed E-state index contributed by atoms with van der Waals surface area (Å²) in [6, 6.07) is 18.4. The van der Waals surface area contributed by atoms with Gasteiger partial charge in [0.05, 0.1) is 13.2 Å². The lowest BCUT2D eigenvalue weighted by atomic mass is 10.0. The summed E-state index contributed by atoms with van der Waals surface area (Å²) in [4.78, 5) is 14.6. The molecule has 1 heterocycles. The lowest BCUT2D eigenvalue weighted by Gasteiger charge is -2.34. The van der Waals surface area contributed by atoms with Crippen LogP contribution in [0.3, 0.4) is 0 Å². The predicted molar refractivity (Wildman–Crippen MR) is 112 cm³/mol. The van der Waals surface area contributed by atoms with Crippen LogP contribution in [-0.2, 0) is 4.79 Å². The van der Waals surface area contributed by atoms with E-state index < -0.39 is 0 Å². The monoisotopic (exact) mass is 382 g/mol. The number of ether oxygens (including phenoxy) is 2. The molecule has 0 atom stereocenters. The fourth-order valence-electron chi connectivity index (χ4n) is 3.48. The number of anilines is 1. The van der Waals surface area contributed by atoms with E-state index in [9.17, 15) is 4.79 Å². The quantitative estimate of drug-likeness (QED) is 0.665. The Morgan fingerprint density at radius 3 is 2.32 bits per heavy atom. The third-order valence-electron chi connectivity index (χ3n) is 4.94. The van der Waals surface area contributed by atoms with E-state index in [2.05, 4.69) is 34.5 Å². The number of rotatable bonds is 9. The van der Waals surface area contributed by atoms with Crippen molar-refractivity contribution in [1.82, 2.24) is 5.32 Å². The van der Waals surface area contributed by atoms with E-state index in [0.717, 1.165) is 37.4 Å². The molecule has 5 heteroatoms. The molecule has 0 radical (unpaired) electrons. The zero-order valence-electron chi connectivity index (χ0n) is 16.6. The molecule has 150 valence electrons. The maximum atomic E-state index is 12.2. The molecule has 3 rings (SSSR count). The lowest BCUT2D eigenvalue weighted by molar-refractivity contribution is -0.122. The van der Waals surface area contributed by atoms with Crippen LogP contribution in [0.1, 0.15) is 32.6 Å². The molecular weight excluding hydrogens is 352 g/mol. The van der Waals surface area contributed by atoms with Crippen LogP contribution in [0, 0.1) is 0 Å². The van der Waals surface area contributed by atoms with Gasteiger partial charge in [-0.05, 0) is 50.5 Å². The first-order valence-corrected chi connectivity index (χ1v) is 10.2. The molecule has 5 nitrogen and oxygen atoms in total. The number of hydrogen-bond acceptors (Lipinski definition) is 4. The summed E-state index contributed by atoms with van der Waals surface area (Å²) in [5, 5.41) is 3.18. The number of amides is 1. The van der Waals surface area contributed by atoms with Crippen LogP contribution in [0.4, 0.5) is 5.69 Å². The summed E-state index contributed by atoms with van der Waals surface area (Å²) < 4.78 is 11.3. The maximum absolute atomic E-state index is 12.2. The van der Waals surface area contributed by atoms with Crippen molar-refractivity contribution in [3.05, 3.63) is 54.6 Å². The first-order chi connectivity index (χ1) is 13.8. The van der Waals surface area contributed by atoms with Gasteiger partial charge in [-0.1, -0.05) is 30.3 Å². The van der Waals surface area contributed by atoms with E-state index >= 15 is 0 Å². The van der Waals surface area contributed by atoms with Crippen molar-refractivity contribution in [3.63, 3.8) is 0 Å². The number of carbonyl (C=O) groups is 1. The van der Waals surface area contributed by atoms with Crippen molar-refractivity contribution in [2.75, 3.05) is 31.2 Å². The molecule has 2 aromatic carbocycles. The molecule has 0 aliphatic carbocycles. The second-order valence-corrected chi connectivity index (χ2v) is 7.00. The van der Waals surface area contributed by atoms with Gasteiger partial charge in [0.15, 0.2) is 11.5 Å². The minimum Gasteiger partial charge on any atom is -0.490 e. The molecule has 0 aromatic heterocycles. The summed E-state index contributed by atoms with van der Waals surface area (Å²) in [7, 11) is 0. The highest BCUT2D eigenvalue weighted by atomic mass is 16.5. The average Bonchev–Trinajstić information content (AvgIpc) is 2.74. The third kappa shape index (κ3) is 5.91. The van der Waals surface area contributed by atoms with Crippen LogP contribution in [-0.4, -0.2) is 38.3 Å². The summed E-state index contributed by atoms with van der Waals surface area (Å²) in [5.41, 5.74) is 1.26. The SMILES string of the molecule is CCOc1ccccc1OCCCC(=O)NC1CCN(c2ccccc2)CC1. The summed E-state index contributed by atoms with van der Waals surface area (Å²) in [6.07, 6.45) is 3.14. The van der Waals surface area contributed by atoms with Gasteiger partial charge in [0, 0.05) is 31.2 Å². The summed E-state index contributed by atoms with van der Waals surface area (Å²) in [6.45, 7) is 5.01. The molecule has 1 saturated heterocycles. The third-order valence-corrected chi connectivity index (χ3v) is 4.94. The predicted octanol–water partition coefficient (Wildman–Crippen LogP) is 4.03. The Morgan fingerprint density at radius 1 is 1.00 bits per heavy atom. The van der Waals surface area contributed by atoms with Crippen LogP contribution in [0.25, 0.3) is 0 Å². The largest absolute Gasteiger partial charge is 0.490 e. The van der Waals surface area contributed by atoms with Gasteiger partial charge in [-0.25, -0.2) is 0 Å². The molecule has 0 spiro atoms. The maximum Gasteiger partial charge on any atom is 0.220 e. The van der Waals surface area contributed by atoms with E-state index in [-0.39, 0.29) is 11.9 Å². The van der Waals surface area contributed by atoms with E-state index in [4.69, 9.17) is 9.47 Å². The smallest absolute Gasteiger partial charge is 0.220 e. The Kier molecular flexibility index (Phi) is 7.59. The number of carbonyl (C=O) groups excluding carboxylic acids is 1. The van der Waals surface area contributed by atoms with Gasteiger partial charge in [0.2, 0.25) is 5.91 Å². The second-order valence-electron chi connectivity index (χ2n) is 7.00. The molecule has 0 unspecified atom stereocenters. The lowest BCUT2D eigenvalue weighted by Crippen LogP contribution is -2.44. The Labute approximate surface area is 167 Å². The number of nitrogens with one attached hydrogen (secondary N) is 1. The summed E-state index contributed by atoms with van der Waals surface area (Å²) in [5.74, 6) is 1.59. The van der Waals surface area contributed by atoms with Gasteiger partial charge >= 0.3 is 0 Å². The fraction of sp³-hybridized carbons (Fsp3) is 0.435. The topological polar surface area (TPSA) is 50.8 Å². The molecule has 1 aliphatic heterocycles. The van der Waals surface area contributed by atoms with Crippen molar-refractivity contribution >= 4 is 11.6 Å².